The van der Waals surface area contributed by atoms with E-state index in [0.717, 1.165) is 18.9 Å². The van der Waals surface area contributed by atoms with Gasteiger partial charge in [0, 0.05) is 11.8 Å². The third kappa shape index (κ3) is 5.07. The number of amides is 1. The number of nitro groups is 1. The van der Waals surface area contributed by atoms with Crippen LogP contribution in [0.5, 0.6) is 0 Å². The Balaban J connectivity index is 1.82. The van der Waals surface area contributed by atoms with E-state index < -0.39 is 23.4 Å². The van der Waals surface area contributed by atoms with Crippen LogP contribution >= 0.6 is 11.6 Å². The number of nitrogens with zero attached hydrogens (tertiary/aromatic N) is 1. The molecule has 0 aromatic heterocycles. The Labute approximate surface area is 137 Å². The molecular weight excluding hydrogens is 324 g/mol. The van der Waals surface area contributed by atoms with Crippen LogP contribution in [0.25, 0.3) is 0 Å². The summed E-state index contributed by atoms with van der Waals surface area (Å²) in [4.78, 5) is 33.4. The molecule has 0 radical (unpaired) electrons. The van der Waals surface area contributed by atoms with Gasteiger partial charge in [0.25, 0.3) is 11.6 Å². The summed E-state index contributed by atoms with van der Waals surface area (Å²) in [7, 11) is 0. The zero-order chi connectivity index (χ0) is 16.8. The molecule has 0 spiro atoms. The van der Waals surface area contributed by atoms with Crippen molar-refractivity contribution >= 4 is 34.9 Å². The highest BCUT2D eigenvalue weighted by molar-refractivity contribution is 6.32. The second-order valence-corrected chi connectivity index (χ2v) is 5.51. The summed E-state index contributed by atoms with van der Waals surface area (Å²) in [5.74, 6) is -0.847. The third-order valence-corrected chi connectivity index (χ3v) is 3.65. The highest BCUT2D eigenvalue weighted by atomic mass is 35.5. The molecule has 7 nitrogen and oxygen atoms in total. The first-order chi connectivity index (χ1) is 11.0. The number of carbonyl (C=O) groups is 2. The molecule has 122 valence electrons. The van der Waals surface area contributed by atoms with Gasteiger partial charge in [-0.25, -0.2) is 0 Å². The van der Waals surface area contributed by atoms with Crippen LogP contribution in [-0.2, 0) is 14.3 Å². The number of carbonyl (C=O) groups excluding carboxylic acids is 2. The van der Waals surface area contributed by atoms with E-state index in [9.17, 15) is 19.7 Å². The predicted molar refractivity (Wildman–Crippen MR) is 84.2 cm³/mol. The summed E-state index contributed by atoms with van der Waals surface area (Å²) in [6.45, 7) is -0.439. The van der Waals surface area contributed by atoms with Gasteiger partial charge in [-0.2, -0.15) is 0 Å². The maximum Gasteiger partial charge on any atom is 0.306 e. The zero-order valence-corrected chi connectivity index (χ0v) is 12.9. The van der Waals surface area contributed by atoms with E-state index in [1.165, 1.54) is 12.1 Å². The Morgan fingerprint density at radius 3 is 2.87 bits per heavy atom. The highest BCUT2D eigenvalue weighted by Gasteiger charge is 2.17. The summed E-state index contributed by atoms with van der Waals surface area (Å²) in [6.07, 6.45) is 6.09. The van der Waals surface area contributed by atoms with E-state index in [1.54, 1.807) is 0 Å². The van der Waals surface area contributed by atoms with Crippen molar-refractivity contribution in [3.63, 3.8) is 0 Å². The topological polar surface area (TPSA) is 98.5 Å². The molecule has 1 atom stereocenters. The summed E-state index contributed by atoms with van der Waals surface area (Å²) in [5.41, 5.74) is -0.102. The second-order valence-electron chi connectivity index (χ2n) is 5.10. The van der Waals surface area contributed by atoms with E-state index >= 15 is 0 Å². The van der Waals surface area contributed by atoms with Gasteiger partial charge in [-0.05, 0) is 30.9 Å². The minimum atomic E-state index is -0.646. The van der Waals surface area contributed by atoms with Crippen LogP contribution in [0.2, 0.25) is 5.02 Å². The average Bonchev–Trinajstić information content (AvgIpc) is 3.00. The van der Waals surface area contributed by atoms with Gasteiger partial charge in [-0.3, -0.25) is 19.7 Å². The van der Waals surface area contributed by atoms with Gasteiger partial charge in [-0.1, -0.05) is 23.8 Å². The summed E-state index contributed by atoms with van der Waals surface area (Å²) in [5, 5.41) is 13.2. The molecule has 1 aromatic carbocycles. The first kappa shape index (κ1) is 17.0. The molecular formula is C15H15ClN2O5. The fraction of sp³-hybridized carbons (Fsp3) is 0.333. The molecule has 1 aliphatic carbocycles. The maximum absolute atomic E-state index is 11.7. The smallest absolute Gasteiger partial charge is 0.306 e. The lowest BCUT2D eigenvalue weighted by molar-refractivity contribution is -0.384. The molecule has 8 heteroatoms. The minimum Gasteiger partial charge on any atom is -0.456 e. The van der Waals surface area contributed by atoms with E-state index in [1.807, 2.05) is 12.2 Å². The van der Waals surface area contributed by atoms with Crippen molar-refractivity contribution in [3.05, 3.63) is 45.5 Å². The molecule has 0 saturated heterocycles. The van der Waals surface area contributed by atoms with Gasteiger partial charge in [0.2, 0.25) is 0 Å². The number of hydrogen-bond donors (Lipinski definition) is 1. The quantitative estimate of drug-likeness (QED) is 0.372. The van der Waals surface area contributed by atoms with Crippen molar-refractivity contribution in [1.29, 1.82) is 0 Å². The van der Waals surface area contributed by atoms with Gasteiger partial charge >= 0.3 is 5.97 Å². The van der Waals surface area contributed by atoms with Crippen molar-refractivity contribution < 1.29 is 19.2 Å². The normalized spacial score (nSPS) is 16.1. The van der Waals surface area contributed by atoms with Gasteiger partial charge < -0.3 is 10.1 Å². The molecule has 1 amide bonds. The molecule has 0 bridgehead atoms. The number of rotatable bonds is 6. The number of esters is 1. The molecule has 0 heterocycles. The van der Waals surface area contributed by atoms with Crippen LogP contribution in [0.3, 0.4) is 0 Å². The predicted octanol–water partition coefficient (Wildman–Crippen LogP) is 3.09. The lowest BCUT2D eigenvalue weighted by Crippen LogP contribution is -2.21. The number of ether oxygens (including phenoxy) is 1. The number of benzene rings is 1. The lowest BCUT2D eigenvalue weighted by atomic mass is 10.1. The van der Waals surface area contributed by atoms with Crippen LogP contribution in [0.4, 0.5) is 11.4 Å². The number of nitro benzene ring substituents is 1. The van der Waals surface area contributed by atoms with Gasteiger partial charge in [-0.15, -0.1) is 0 Å². The zero-order valence-electron chi connectivity index (χ0n) is 12.2. The highest BCUT2D eigenvalue weighted by Crippen LogP contribution is 2.27. The molecule has 1 aliphatic rings. The van der Waals surface area contributed by atoms with Crippen molar-refractivity contribution in [2.45, 2.75) is 19.3 Å². The monoisotopic (exact) mass is 338 g/mol. The largest absolute Gasteiger partial charge is 0.456 e. The number of anilines is 1. The number of allylic oxidation sites excluding steroid dienone is 2. The molecule has 0 fully saturated rings. The fourth-order valence-electron chi connectivity index (χ4n) is 2.21. The van der Waals surface area contributed by atoms with E-state index in [-0.39, 0.29) is 28.7 Å². The summed E-state index contributed by atoms with van der Waals surface area (Å²) in [6, 6.07) is 3.89. The Hall–Kier alpha value is -2.41. The SMILES string of the molecule is O=C(COC(=O)C[C@@H]1C=CCC1)Nc1ccc(Cl)c([N+](=O)[O-])c1. The van der Waals surface area contributed by atoms with Crippen LogP contribution in [0.15, 0.2) is 30.4 Å². The van der Waals surface area contributed by atoms with Crippen molar-refractivity contribution in [2.75, 3.05) is 11.9 Å². The van der Waals surface area contributed by atoms with E-state index in [0.29, 0.717) is 0 Å². The fourth-order valence-corrected chi connectivity index (χ4v) is 2.40. The standard InChI is InChI=1S/C15H15ClN2O5/c16-12-6-5-11(8-13(12)18(21)22)17-14(19)9-23-15(20)7-10-3-1-2-4-10/h1,3,5-6,8,10H,2,4,7,9H2,(H,17,19)/t10-/m1/s1. The molecule has 2 rings (SSSR count). The number of nitrogens with one attached hydrogen (secondary N) is 1. The van der Waals surface area contributed by atoms with E-state index in [2.05, 4.69) is 5.32 Å². The molecule has 1 aromatic rings. The van der Waals surface area contributed by atoms with Crippen molar-refractivity contribution in [3.8, 4) is 0 Å². The maximum atomic E-state index is 11.7. The summed E-state index contributed by atoms with van der Waals surface area (Å²) >= 11 is 5.68. The van der Waals surface area contributed by atoms with Crippen LogP contribution < -0.4 is 5.32 Å². The molecule has 23 heavy (non-hydrogen) atoms. The van der Waals surface area contributed by atoms with Gasteiger partial charge in [0.1, 0.15) is 5.02 Å². The van der Waals surface area contributed by atoms with E-state index in [4.69, 9.17) is 16.3 Å². The Kier molecular flexibility index (Phi) is 5.70. The van der Waals surface area contributed by atoms with Gasteiger partial charge in [0.05, 0.1) is 11.3 Å². The first-order valence-corrected chi connectivity index (χ1v) is 7.39. The van der Waals surface area contributed by atoms with Gasteiger partial charge in [0.15, 0.2) is 6.61 Å². The van der Waals surface area contributed by atoms with Crippen LogP contribution in [0.1, 0.15) is 19.3 Å². The molecule has 1 N–H and O–H groups in total. The summed E-state index contributed by atoms with van der Waals surface area (Å²) < 4.78 is 4.89. The van der Waals surface area contributed by atoms with Crippen molar-refractivity contribution in [1.82, 2.24) is 0 Å². The lowest BCUT2D eigenvalue weighted by Gasteiger charge is -2.09. The Morgan fingerprint density at radius 2 is 2.22 bits per heavy atom. The number of hydrogen-bond acceptors (Lipinski definition) is 5. The Bertz CT molecular complexity index is 659. The second kappa shape index (κ2) is 7.73. The van der Waals surface area contributed by atoms with Crippen molar-refractivity contribution in [2.24, 2.45) is 5.92 Å². The molecule has 0 saturated carbocycles. The Morgan fingerprint density at radius 1 is 1.43 bits per heavy atom. The molecule has 0 unspecified atom stereocenters. The first-order valence-electron chi connectivity index (χ1n) is 7.02. The van der Waals surface area contributed by atoms with Crippen LogP contribution in [0, 0.1) is 16.0 Å². The van der Waals surface area contributed by atoms with Crippen LogP contribution in [-0.4, -0.2) is 23.4 Å². The molecule has 0 aliphatic heterocycles. The third-order valence-electron chi connectivity index (χ3n) is 3.33. The minimum absolute atomic E-state index is 0.0240. The average molecular weight is 339 g/mol. The number of halogens is 1.